The third-order valence-electron chi connectivity index (χ3n) is 3.61. The molecular formula is C15H25N3OS. The summed E-state index contributed by atoms with van der Waals surface area (Å²) < 4.78 is 15.1. The number of hydrazine groups is 1. The van der Waals surface area contributed by atoms with Crippen molar-refractivity contribution < 1.29 is 4.55 Å². The molecule has 0 bridgehead atoms. The van der Waals surface area contributed by atoms with Gasteiger partial charge in [-0.25, -0.2) is 5.43 Å². The first kappa shape index (κ1) is 15.6. The van der Waals surface area contributed by atoms with Crippen LogP contribution in [-0.4, -0.2) is 16.3 Å². The van der Waals surface area contributed by atoms with Gasteiger partial charge >= 0.3 is 0 Å². The summed E-state index contributed by atoms with van der Waals surface area (Å²) in [6.07, 6.45) is 0. The molecule has 1 heterocycles. The Balaban J connectivity index is 2.16. The molecule has 20 heavy (non-hydrogen) atoms. The largest absolute Gasteiger partial charge is 0.598 e. The summed E-state index contributed by atoms with van der Waals surface area (Å²) in [5.74, 6) is 0. The molecule has 2 N–H and O–H groups in total. The average molecular weight is 295 g/mol. The first-order valence-corrected chi connectivity index (χ1v) is 8.17. The number of nitrogens with one attached hydrogen (secondary N) is 2. The van der Waals surface area contributed by atoms with Crippen LogP contribution in [0.15, 0.2) is 18.2 Å². The molecule has 1 aliphatic rings. The van der Waals surface area contributed by atoms with Gasteiger partial charge in [0, 0.05) is 18.4 Å². The van der Waals surface area contributed by atoms with Crippen LogP contribution in [0.2, 0.25) is 0 Å². The van der Waals surface area contributed by atoms with Crippen molar-refractivity contribution in [3.63, 3.8) is 0 Å². The minimum Gasteiger partial charge on any atom is -0.598 e. The molecule has 2 rings (SSSR count). The summed E-state index contributed by atoms with van der Waals surface area (Å²) in [6, 6.07) is 6.85. The van der Waals surface area contributed by atoms with Crippen molar-refractivity contribution in [1.29, 1.82) is 0 Å². The number of anilines is 1. The quantitative estimate of drug-likeness (QED) is 0.842. The van der Waals surface area contributed by atoms with E-state index in [1.807, 2.05) is 27.8 Å². The van der Waals surface area contributed by atoms with E-state index in [-0.39, 0.29) is 10.8 Å². The lowest BCUT2D eigenvalue weighted by Crippen LogP contribution is -2.40. The molecule has 0 amide bonds. The standard InChI is InChI=1S/C15H25N3OS/c1-10(17-20(19)15(3,4)5)12-7-8-13-11(2)16-18(6)14(13)9-12/h7-11,16-17H,1-6H3/t10-,11?,20-/m1/s1. The predicted octanol–water partition coefficient (Wildman–Crippen LogP) is 2.81. The predicted molar refractivity (Wildman–Crippen MR) is 85.8 cm³/mol. The van der Waals surface area contributed by atoms with Gasteiger partial charge in [-0.3, -0.25) is 0 Å². The van der Waals surface area contributed by atoms with Crippen LogP contribution in [0.1, 0.15) is 57.8 Å². The summed E-state index contributed by atoms with van der Waals surface area (Å²) in [6.45, 7) is 10.1. The Morgan fingerprint density at radius 3 is 2.65 bits per heavy atom. The Morgan fingerprint density at radius 1 is 1.40 bits per heavy atom. The van der Waals surface area contributed by atoms with E-state index in [9.17, 15) is 4.55 Å². The van der Waals surface area contributed by atoms with Crippen molar-refractivity contribution in [3.05, 3.63) is 29.3 Å². The molecule has 5 heteroatoms. The number of hydrogen-bond donors (Lipinski definition) is 2. The zero-order valence-corrected chi connectivity index (χ0v) is 14.0. The van der Waals surface area contributed by atoms with E-state index in [4.69, 9.17) is 0 Å². The average Bonchev–Trinajstić information content (AvgIpc) is 2.63. The van der Waals surface area contributed by atoms with Gasteiger partial charge in [-0.15, -0.1) is 4.72 Å². The topological polar surface area (TPSA) is 50.4 Å². The van der Waals surface area contributed by atoms with Crippen molar-refractivity contribution in [3.8, 4) is 0 Å². The first-order valence-electron chi connectivity index (χ1n) is 7.02. The third-order valence-corrected chi connectivity index (χ3v) is 5.29. The number of rotatable bonds is 3. The molecule has 0 saturated heterocycles. The highest BCUT2D eigenvalue weighted by atomic mass is 32.2. The van der Waals surface area contributed by atoms with Crippen molar-refractivity contribution >= 4 is 17.0 Å². The second-order valence-corrected chi connectivity index (χ2v) is 8.45. The zero-order chi connectivity index (χ0) is 15.1. The highest BCUT2D eigenvalue weighted by Gasteiger charge is 2.29. The molecule has 0 aliphatic carbocycles. The van der Waals surface area contributed by atoms with Gasteiger partial charge in [-0.05, 0) is 51.8 Å². The van der Waals surface area contributed by atoms with Crippen molar-refractivity contribution in [2.24, 2.45) is 0 Å². The Morgan fingerprint density at radius 2 is 2.05 bits per heavy atom. The van der Waals surface area contributed by atoms with E-state index in [2.05, 4.69) is 47.2 Å². The van der Waals surface area contributed by atoms with E-state index >= 15 is 0 Å². The Bertz CT molecular complexity index is 486. The summed E-state index contributed by atoms with van der Waals surface area (Å²) in [7, 11) is 2.03. The van der Waals surface area contributed by atoms with Crippen LogP contribution in [-0.2, 0) is 11.4 Å². The van der Waals surface area contributed by atoms with E-state index in [1.165, 1.54) is 11.3 Å². The molecule has 112 valence electrons. The number of benzene rings is 1. The molecule has 0 radical (unpaired) electrons. The Hall–Kier alpha value is -0.750. The second kappa shape index (κ2) is 5.56. The smallest absolute Gasteiger partial charge is 0.136 e. The molecule has 1 aromatic rings. The molecule has 0 aromatic heterocycles. The van der Waals surface area contributed by atoms with Gasteiger partial charge < -0.3 is 9.56 Å². The monoisotopic (exact) mass is 295 g/mol. The maximum absolute atomic E-state index is 12.2. The van der Waals surface area contributed by atoms with Gasteiger partial charge in [0.1, 0.15) is 4.75 Å². The minimum atomic E-state index is -1.06. The first-order chi connectivity index (χ1) is 9.20. The molecule has 1 aliphatic heterocycles. The fraction of sp³-hybridized carbons (Fsp3) is 0.600. The van der Waals surface area contributed by atoms with Gasteiger partial charge in [0.05, 0.1) is 17.8 Å². The highest BCUT2D eigenvalue weighted by Crippen LogP contribution is 2.33. The SMILES string of the molecule is CC1NN(C)c2cc([C@@H](C)N[S@+]([O-])C(C)(C)C)ccc21. The molecule has 0 spiro atoms. The van der Waals surface area contributed by atoms with Crippen LogP contribution < -0.4 is 15.2 Å². The van der Waals surface area contributed by atoms with Gasteiger partial charge in [0.25, 0.3) is 0 Å². The molecular weight excluding hydrogens is 270 g/mol. The molecule has 0 saturated carbocycles. The van der Waals surface area contributed by atoms with Gasteiger partial charge in [-0.1, -0.05) is 12.1 Å². The van der Waals surface area contributed by atoms with Crippen LogP contribution >= 0.6 is 0 Å². The second-order valence-electron chi connectivity index (χ2n) is 6.45. The minimum absolute atomic E-state index is 0.0599. The van der Waals surface area contributed by atoms with Crippen molar-refractivity contribution in [1.82, 2.24) is 10.1 Å². The van der Waals surface area contributed by atoms with Gasteiger partial charge in [0.15, 0.2) is 0 Å². The van der Waals surface area contributed by atoms with Crippen LogP contribution in [0.3, 0.4) is 0 Å². The highest BCUT2D eigenvalue weighted by molar-refractivity contribution is 7.90. The zero-order valence-electron chi connectivity index (χ0n) is 13.2. The van der Waals surface area contributed by atoms with E-state index < -0.39 is 11.4 Å². The van der Waals surface area contributed by atoms with Gasteiger partial charge in [-0.2, -0.15) is 0 Å². The van der Waals surface area contributed by atoms with Crippen molar-refractivity contribution in [2.75, 3.05) is 12.1 Å². The number of fused-ring (bicyclic) bond motifs is 1. The normalized spacial score (nSPS) is 21.8. The molecule has 1 aromatic carbocycles. The summed E-state index contributed by atoms with van der Waals surface area (Å²) in [5.41, 5.74) is 7.03. The van der Waals surface area contributed by atoms with Crippen LogP contribution in [0.4, 0.5) is 5.69 Å². The van der Waals surface area contributed by atoms with E-state index in [0.29, 0.717) is 6.04 Å². The van der Waals surface area contributed by atoms with Crippen LogP contribution in [0.25, 0.3) is 0 Å². The maximum Gasteiger partial charge on any atom is 0.136 e. The summed E-state index contributed by atoms with van der Waals surface area (Å²) in [4.78, 5) is 0. The lowest BCUT2D eigenvalue weighted by Gasteiger charge is -2.27. The third kappa shape index (κ3) is 3.11. The maximum atomic E-state index is 12.2. The fourth-order valence-corrected chi connectivity index (χ4v) is 3.13. The Labute approximate surface area is 125 Å². The molecule has 0 fully saturated rings. The number of hydrogen-bond acceptors (Lipinski definition) is 4. The van der Waals surface area contributed by atoms with E-state index in [1.54, 1.807) is 0 Å². The molecule has 1 unspecified atom stereocenters. The summed E-state index contributed by atoms with van der Waals surface area (Å²) in [5, 5.41) is 2.05. The van der Waals surface area contributed by atoms with Crippen molar-refractivity contribution in [2.45, 2.75) is 51.4 Å². The fourth-order valence-electron chi connectivity index (χ4n) is 2.32. The van der Waals surface area contributed by atoms with Gasteiger partial charge in [0.2, 0.25) is 0 Å². The lowest BCUT2D eigenvalue weighted by atomic mass is 10.0. The van der Waals surface area contributed by atoms with E-state index in [0.717, 1.165) is 5.56 Å². The van der Waals surface area contributed by atoms with Crippen LogP contribution in [0.5, 0.6) is 0 Å². The molecule has 3 atom stereocenters. The number of nitrogens with zero attached hydrogens (tertiary/aromatic N) is 1. The van der Waals surface area contributed by atoms with Crippen LogP contribution in [0, 0.1) is 0 Å². The lowest BCUT2D eigenvalue weighted by molar-refractivity contribution is 0.531. The Kier molecular flexibility index (Phi) is 4.35. The summed E-state index contributed by atoms with van der Waals surface area (Å²) >= 11 is -1.06. The molecule has 4 nitrogen and oxygen atoms in total.